The number of benzene rings is 2. The van der Waals surface area contributed by atoms with Gasteiger partial charge >= 0.3 is 0 Å². The van der Waals surface area contributed by atoms with E-state index in [9.17, 15) is 0 Å². The van der Waals surface area contributed by atoms with Crippen molar-refractivity contribution in [1.29, 1.82) is 0 Å². The number of aryl methyl sites for hydroxylation is 1. The summed E-state index contributed by atoms with van der Waals surface area (Å²) in [6.45, 7) is 9.12. The highest BCUT2D eigenvalue weighted by atomic mass is 15.2. The molecule has 2 aromatic heterocycles. The van der Waals surface area contributed by atoms with Crippen molar-refractivity contribution in [3.63, 3.8) is 0 Å². The smallest absolute Gasteiger partial charge is 0.136 e. The van der Waals surface area contributed by atoms with Gasteiger partial charge in [-0.25, -0.2) is 4.98 Å². The zero-order valence-electron chi connectivity index (χ0n) is 20.1. The Balaban J connectivity index is 1.76. The lowest BCUT2D eigenvalue weighted by Gasteiger charge is -2.34. The van der Waals surface area contributed by atoms with Crippen LogP contribution < -0.4 is 4.90 Å². The van der Waals surface area contributed by atoms with Crippen LogP contribution in [0.5, 0.6) is 0 Å². The highest BCUT2D eigenvalue weighted by Crippen LogP contribution is 2.48. The zero-order valence-corrected chi connectivity index (χ0v) is 20.1. The highest BCUT2D eigenvalue weighted by Gasteiger charge is 2.42. The van der Waals surface area contributed by atoms with Gasteiger partial charge in [0.1, 0.15) is 5.82 Å². The molecule has 0 N–H and O–H groups in total. The molecule has 0 saturated heterocycles. The van der Waals surface area contributed by atoms with Gasteiger partial charge in [-0.05, 0) is 35.9 Å². The van der Waals surface area contributed by atoms with E-state index in [0.717, 1.165) is 17.9 Å². The van der Waals surface area contributed by atoms with Gasteiger partial charge in [0.15, 0.2) is 0 Å². The first-order chi connectivity index (χ1) is 15.8. The lowest BCUT2D eigenvalue weighted by molar-refractivity contribution is 0.558. The summed E-state index contributed by atoms with van der Waals surface area (Å²) in [5.74, 6) is 1.04. The number of hydrogen-bond acceptors (Lipinski definition) is 3. The summed E-state index contributed by atoms with van der Waals surface area (Å²) in [5, 5.41) is 2.45. The number of pyridine rings is 2. The van der Waals surface area contributed by atoms with Crippen LogP contribution in [-0.4, -0.2) is 17.0 Å². The van der Waals surface area contributed by atoms with Gasteiger partial charge in [-0.2, -0.15) is 0 Å². The first-order valence-corrected chi connectivity index (χ1v) is 11.6. The van der Waals surface area contributed by atoms with Crippen LogP contribution in [0.15, 0.2) is 90.9 Å². The van der Waals surface area contributed by atoms with Gasteiger partial charge in [0.25, 0.3) is 0 Å². The van der Waals surface area contributed by atoms with Crippen LogP contribution in [0.1, 0.15) is 43.2 Å². The average molecular weight is 434 g/mol. The Morgan fingerprint density at radius 1 is 0.939 bits per heavy atom. The van der Waals surface area contributed by atoms with Crippen molar-refractivity contribution in [3.8, 4) is 0 Å². The minimum atomic E-state index is -0.262. The van der Waals surface area contributed by atoms with Crippen molar-refractivity contribution < 1.29 is 0 Å². The number of hydrogen-bond donors (Lipinski definition) is 0. The summed E-state index contributed by atoms with van der Waals surface area (Å²) in [4.78, 5) is 11.8. The molecule has 4 aromatic rings. The van der Waals surface area contributed by atoms with Gasteiger partial charge in [0.05, 0.1) is 0 Å². The number of likely N-dealkylation sites (N-methyl/N-ethyl adjacent to an activating group) is 1. The van der Waals surface area contributed by atoms with Crippen molar-refractivity contribution in [2.75, 3.05) is 11.9 Å². The third-order valence-electron chi connectivity index (χ3n) is 7.21. The third kappa shape index (κ3) is 3.52. The van der Waals surface area contributed by atoms with E-state index < -0.39 is 0 Å². The molecule has 166 valence electrons. The Morgan fingerprint density at radius 2 is 1.67 bits per heavy atom. The molecule has 0 radical (unpaired) electrons. The second-order valence-electron chi connectivity index (χ2n) is 9.97. The lowest BCUT2D eigenvalue weighted by Crippen LogP contribution is -2.31. The molecule has 0 fully saturated rings. The van der Waals surface area contributed by atoms with Crippen LogP contribution in [-0.2, 0) is 17.3 Å². The van der Waals surface area contributed by atoms with Gasteiger partial charge in [0.2, 0.25) is 0 Å². The van der Waals surface area contributed by atoms with Gasteiger partial charge in [0, 0.05) is 52.6 Å². The van der Waals surface area contributed by atoms with Crippen LogP contribution in [0.4, 0.5) is 5.82 Å². The molecule has 1 aliphatic heterocycles. The van der Waals surface area contributed by atoms with Crippen LogP contribution in [0, 0.1) is 6.92 Å². The summed E-state index contributed by atoms with van der Waals surface area (Å²) in [5.41, 5.74) is 5.85. The van der Waals surface area contributed by atoms with Crippen molar-refractivity contribution in [2.24, 2.45) is 0 Å². The summed E-state index contributed by atoms with van der Waals surface area (Å²) in [6.07, 6.45) is 7.26. The molecule has 0 spiro atoms. The van der Waals surface area contributed by atoms with Crippen LogP contribution >= 0.6 is 0 Å². The molecular weight excluding hydrogens is 402 g/mol. The fourth-order valence-electron chi connectivity index (χ4n) is 5.62. The molecule has 3 heterocycles. The standard InChI is InChI=1S/C30H31N3/c1-21-27(24-15-10-9-14-23(24)20-32-21)30(4,18-22-12-7-6-8-13-22)19-26-29(2,3)25-16-11-17-31-28(25)33(26)5/h6-17,19-20H,18H2,1-5H3/b26-19+. The van der Waals surface area contributed by atoms with Crippen LogP contribution in [0.3, 0.4) is 0 Å². The predicted octanol–water partition coefficient (Wildman–Crippen LogP) is 6.75. The van der Waals surface area contributed by atoms with Crippen LogP contribution in [0.25, 0.3) is 10.8 Å². The topological polar surface area (TPSA) is 29.0 Å². The maximum atomic E-state index is 4.83. The third-order valence-corrected chi connectivity index (χ3v) is 7.21. The molecule has 5 rings (SSSR count). The Hall–Kier alpha value is -3.46. The fourth-order valence-corrected chi connectivity index (χ4v) is 5.62. The predicted molar refractivity (Wildman–Crippen MR) is 138 cm³/mol. The number of anilines is 1. The summed E-state index contributed by atoms with van der Waals surface area (Å²) < 4.78 is 0. The Morgan fingerprint density at radius 3 is 2.42 bits per heavy atom. The van der Waals surface area contributed by atoms with Gasteiger partial charge in [-0.15, -0.1) is 0 Å². The highest BCUT2D eigenvalue weighted by molar-refractivity contribution is 5.87. The lowest BCUT2D eigenvalue weighted by atomic mass is 9.72. The molecule has 3 heteroatoms. The molecule has 33 heavy (non-hydrogen) atoms. The van der Waals surface area contributed by atoms with Crippen LogP contribution in [0.2, 0.25) is 0 Å². The van der Waals surface area contributed by atoms with E-state index in [0.29, 0.717) is 0 Å². The summed E-state index contributed by atoms with van der Waals surface area (Å²) in [7, 11) is 2.14. The molecule has 0 aliphatic carbocycles. The van der Waals surface area contributed by atoms with Gasteiger partial charge < -0.3 is 4.90 Å². The molecule has 0 amide bonds. The number of aromatic nitrogens is 2. The van der Waals surface area contributed by atoms with Crippen molar-refractivity contribution >= 4 is 16.6 Å². The van der Waals surface area contributed by atoms with Crippen molar-refractivity contribution in [2.45, 2.75) is 44.9 Å². The molecule has 1 aliphatic rings. The van der Waals surface area contributed by atoms with Crippen molar-refractivity contribution in [1.82, 2.24) is 9.97 Å². The minimum Gasteiger partial charge on any atom is -0.332 e. The second-order valence-corrected chi connectivity index (χ2v) is 9.97. The maximum absolute atomic E-state index is 4.83. The van der Waals surface area contributed by atoms with E-state index in [1.807, 2.05) is 18.5 Å². The van der Waals surface area contributed by atoms with Crippen molar-refractivity contribution in [3.05, 3.63) is 113 Å². The van der Waals surface area contributed by atoms with E-state index >= 15 is 0 Å². The molecule has 3 nitrogen and oxygen atoms in total. The Bertz CT molecular complexity index is 1350. The number of fused-ring (bicyclic) bond motifs is 2. The molecule has 1 atom stereocenters. The summed E-state index contributed by atoms with van der Waals surface area (Å²) in [6, 6.07) is 23.7. The van der Waals surface area contributed by atoms with Gasteiger partial charge in [-0.3, -0.25) is 4.98 Å². The minimum absolute atomic E-state index is 0.137. The van der Waals surface area contributed by atoms with E-state index in [-0.39, 0.29) is 10.8 Å². The monoisotopic (exact) mass is 433 g/mol. The van der Waals surface area contributed by atoms with E-state index in [4.69, 9.17) is 9.97 Å². The van der Waals surface area contributed by atoms with E-state index in [1.165, 1.54) is 33.2 Å². The van der Waals surface area contributed by atoms with Gasteiger partial charge in [-0.1, -0.05) is 87.5 Å². The first-order valence-electron chi connectivity index (χ1n) is 11.6. The molecule has 1 unspecified atom stereocenters. The number of rotatable bonds is 4. The largest absolute Gasteiger partial charge is 0.332 e. The summed E-state index contributed by atoms with van der Waals surface area (Å²) >= 11 is 0. The first kappa shape index (κ1) is 21.4. The van der Waals surface area contributed by atoms with E-state index in [1.54, 1.807) is 0 Å². The average Bonchev–Trinajstić information content (AvgIpc) is 3.00. The molecular formula is C30H31N3. The quantitative estimate of drug-likeness (QED) is 0.356. The van der Waals surface area contributed by atoms with E-state index in [2.05, 4.69) is 106 Å². The normalized spacial score (nSPS) is 17.8. The Kier molecular flexibility index (Phi) is 5.08. The molecule has 0 bridgehead atoms. The zero-order chi connectivity index (χ0) is 23.2. The fraction of sp³-hybridized carbons (Fsp3) is 0.267. The molecule has 0 saturated carbocycles. The number of nitrogens with zero attached hydrogens (tertiary/aromatic N) is 3. The maximum Gasteiger partial charge on any atom is 0.136 e. The number of allylic oxidation sites excluding steroid dienone is 2. The SMILES string of the molecule is Cc1ncc2ccccc2c1C(C)(/C=C1/N(C)c2ncccc2C1(C)C)Cc1ccccc1. The Labute approximate surface area is 196 Å². The second kappa shape index (κ2) is 7.84. The molecule has 2 aromatic carbocycles.